The fraction of sp³-hybridized carbons (Fsp3) is 0.133. The lowest BCUT2D eigenvalue weighted by atomic mass is 10.1. The lowest BCUT2D eigenvalue weighted by Gasteiger charge is -1.98. The second kappa shape index (κ2) is 4.39. The van der Waals surface area contributed by atoms with Gasteiger partial charge in [0.2, 0.25) is 0 Å². The molecule has 0 radical (unpaired) electrons. The fourth-order valence-corrected chi connectivity index (χ4v) is 2.40. The molecule has 1 aliphatic rings. The molecule has 0 saturated heterocycles. The lowest BCUT2D eigenvalue weighted by molar-refractivity contribution is 0.0691. The Hall–Kier alpha value is -2.36. The van der Waals surface area contributed by atoms with E-state index >= 15 is 0 Å². The van der Waals surface area contributed by atoms with E-state index in [1.165, 1.54) is 12.1 Å². The molecule has 1 aliphatic carbocycles. The Kier molecular flexibility index (Phi) is 2.71. The van der Waals surface area contributed by atoms with Crippen molar-refractivity contribution in [3.8, 4) is 0 Å². The molecule has 3 rings (SSSR count). The maximum Gasteiger partial charge on any atom is 0.352 e. The van der Waals surface area contributed by atoms with Gasteiger partial charge in [-0.3, -0.25) is 0 Å². The number of hydrogen-bond donors (Lipinski definition) is 2. The molecule has 0 amide bonds. The number of aromatic carboxylic acids is 1. The highest BCUT2D eigenvalue weighted by Crippen LogP contribution is 2.34. The highest BCUT2D eigenvalue weighted by atomic mass is 19.1. The van der Waals surface area contributed by atoms with Crippen LogP contribution in [0, 0.1) is 5.82 Å². The van der Waals surface area contributed by atoms with Gasteiger partial charge in [-0.25, -0.2) is 9.18 Å². The van der Waals surface area contributed by atoms with Crippen LogP contribution in [-0.4, -0.2) is 16.1 Å². The van der Waals surface area contributed by atoms with E-state index in [0.29, 0.717) is 0 Å². The zero-order valence-electron chi connectivity index (χ0n) is 10.1. The molecule has 0 saturated carbocycles. The molecule has 2 aromatic rings. The second-order valence-electron chi connectivity index (χ2n) is 4.60. The van der Waals surface area contributed by atoms with Gasteiger partial charge in [0.25, 0.3) is 0 Å². The van der Waals surface area contributed by atoms with Crippen LogP contribution in [-0.2, 0) is 6.42 Å². The first-order valence-electron chi connectivity index (χ1n) is 6.05. The quantitative estimate of drug-likeness (QED) is 0.866. The molecule has 0 aliphatic heterocycles. The number of halogens is 1. The number of carboxylic acids is 1. The number of aromatic amines is 1. The van der Waals surface area contributed by atoms with E-state index in [0.717, 1.165) is 35.2 Å². The zero-order chi connectivity index (χ0) is 13.4. The number of aryl methyl sites for hydroxylation is 1. The summed E-state index contributed by atoms with van der Waals surface area (Å²) in [4.78, 5) is 13.8. The predicted octanol–water partition coefficient (Wildman–Crippen LogP) is 3.34. The number of carboxylic acid groups (broad SMARTS) is 1. The molecule has 4 heteroatoms. The Bertz CT molecular complexity index is 668. The smallest absolute Gasteiger partial charge is 0.352 e. The van der Waals surface area contributed by atoms with E-state index in [-0.39, 0.29) is 11.5 Å². The van der Waals surface area contributed by atoms with Gasteiger partial charge in [-0.05, 0) is 47.7 Å². The fourth-order valence-electron chi connectivity index (χ4n) is 2.40. The van der Waals surface area contributed by atoms with Crippen molar-refractivity contribution in [1.29, 1.82) is 0 Å². The van der Waals surface area contributed by atoms with Gasteiger partial charge in [0.15, 0.2) is 0 Å². The maximum atomic E-state index is 12.8. The molecule has 1 aromatic heterocycles. The van der Waals surface area contributed by atoms with E-state index in [4.69, 9.17) is 5.11 Å². The highest BCUT2D eigenvalue weighted by Gasteiger charge is 2.21. The molecule has 19 heavy (non-hydrogen) atoms. The number of rotatable bonds is 2. The third-order valence-corrected chi connectivity index (χ3v) is 3.33. The second-order valence-corrected chi connectivity index (χ2v) is 4.60. The van der Waals surface area contributed by atoms with Crippen molar-refractivity contribution in [1.82, 2.24) is 4.98 Å². The van der Waals surface area contributed by atoms with Crippen LogP contribution in [0.25, 0.3) is 11.6 Å². The van der Waals surface area contributed by atoms with Crippen molar-refractivity contribution in [3.63, 3.8) is 0 Å². The SMILES string of the molecule is O=C(O)c1cc2c([nH]1)CC/C2=C/c1ccc(F)cc1. The van der Waals surface area contributed by atoms with Crippen molar-refractivity contribution >= 4 is 17.6 Å². The van der Waals surface area contributed by atoms with Crippen molar-refractivity contribution in [2.24, 2.45) is 0 Å². The number of fused-ring (bicyclic) bond motifs is 1. The number of allylic oxidation sites excluding steroid dienone is 1. The third kappa shape index (κ3) is 2.17. The summed E-state index contributed by atoms with van der Waals surface area (Å²) in [6.45, 7) is 0. The molecular weight excluding hydrogens is 245 g/mol. The van der Waals surface area contributed by atoms with Gasteiger partial charge in [-0.15, -0.1) is 0 Å². The minimum Gasteiger partial charge on any atom is -0.477 e. The van der Waals surface area contributed by atoms with Crippen LogP contribution in [0.2, 0.25) is 0 Å². The standard InChI is InChI=1S/C15H12FNO2/c16-11-4-1-9(2-5-11)7-10-3-6-13-12(10)8-14(17-13)15(18)19/h1-2,4-5,7-8,17H,3,6H2,(H,18,19)/b10-7-. The van der Waals surface area contributed by atoms with Gasteiger partial charge < -0.3 is 10.1 Å². The molecule has 0 bridgehead atoms. The molecule has 1 heterocycles. The van der Waals surface area contributed by atoms with E-state index in [9.17, 15) is 9.18 Å². The van der Waals surface area contributed by atoms with E-state index in [1.54, 1.807) is 18.2 Å². The Balaban J connectivity index is 1.97. The normalized spacial score (nSPS) is 15.7. The summed E-state index contributed by atoms with van der Waals surface area (Å²) in [7, 11) is 0. The first-order chi connectivity index (χ1) is 9.13. The summed E-state index contributed by atoms with van der Waals surface area (Å²) in [6.07, 6.45) is 3.67. The van der Waals surface area contributed by atoms with Gasteiger partial charge in [0.1, 0.15) is 11.5 Å². The van der Waals surface area contributed by atoms with E-state index in [2.05, 4.69) is 4.98 Å². The molecule has 0 fully saturated rings. The monoisotopic (exact) mass is 257 g/mol. The Morgan fingerprint density at radius 2 is 2.00 bits per heavy atom. The summed E-state index contributed by atoms with van der Waals surface area (Å²) in [5, 5.41) is 8.96. The lowest BCUT2D eigenvalue weighted by Crippen LogP contribution is -1.96. The van der Waals surface area contributed by atoms with Crippen LogP contribution in [0.5, 0.6) is 0 Å². The van der Waals surface area contributed by atoms with Crippen LogP contribution in [0.3, 0.4) is 0 Å². The Labute approximate surface area is 109 Å². The van der Waals surface area contributed by atoms with Crippen molar-refractivity contribution in [2.45, 2.75) is 12.8 Å². The first-order valence-corrected chi connectivity index (χ1v) is 6.05. The molecule has 1 aromatic carbocycles. The number of aromatic nitrogens is 1. The molecule has 96 valence electrons. The summed E-state index contributed by atoms with van der Waals surface area (Å²) < 4.78 is 12.8. The average molecular weight is 257 g/mol. The van der Waals surface area contributed by atoms with E-state index in [1.807, 2.05) is 6.08 Å². The van der Waals surface area contributed by atoms with Gasteiger partial charge >= 0.3 is 5.97 Å². The van der Waals surface area contributed by atoms with Gasteiger partial charge in [0.05, 0.1) is 0 Å². The summed E-state index contributed by atoms with van der Waals surface area (Å²) in [5.74, 6) is -1.21. The topological polar surface area (TPSA) is 53.1 Å². The van der Waals surface area contributed by atoms with Gasteiger partial charge in [0, 0.05) is 5.69 Å². The largest absolute Gasteiger partial charge is 0.477 e. The molecule has 0 unspecified atom stereocenters. The van der Waals surface area contributed by atoms with Crippen molar-refractivity contribution in [3.05, 3.63) is 58.7 Å². The highest BCUT2D eigenvalue weighted by molar-refractivity contribution is 5.91. The summed E-state index contributed by atoms with van der Waals surface area (Å²) in [5.41, 5.74) is 4.15. The molecule has 3 nitrogen and oxygen atoms in total. The van der Waals surface area contributed by atoms with Crippen LogP contribution >= 0.6 is 0 Å². The number of benzene rings is 1. The van der Waals surface area contributed by atoms with Gasteiger partial charge in [-0.1, -0.05) is 18.2 Å². The molecular formula is C15H12FNO2. The van der Waals surface area contributed by atoms with Crippen LogP contribution in [0.4, 0.5) is 4.39 Å². The number of carbonyl (C=O) groups is 1. The summed E-state index contributed by atoms with van der Waals surface area (Å²) >= 11 is 0. The van der Waals surface area contributed by atoms with Crippen molar-refractivity contribution < 1.29 is 14.3 Å². The summed E-state index contributed by atoms with van der Waals surface area (Å²) in [6, 6.07) is 7.93. The zero-order valence-corrected chi connectivity index (χ0v) is 10.1. The first kappa shape index (κ1) is 11.7. The van der Waals surface area contributed by atoms with Crippen LogP contribution in [0.15, 0.2) is 30.3 Å². The third-order valence-electron chi connectivity index (χ3n) is 3.33. The average Bonchev–Trinajstić information content (AvgIpc) is 2.94. The Morgan fingerprint density at radius 1 is 1.26 bits per heavy atom. The number of hydrogen-bond acceptors (Lipinski definition) is 1. The minimum absolute atomic E-state index is 0.217. The van der Waals surface area contributed by atoms with E-state index < -0.39 is 5.97 Å². The van der Waals surface area contributed by atoms with Gasteiger partial charge in [-0.2, -0.15) is 0 Å². The number of H-pyrrole nitrogens is 1. The van der Waals surface area contributed by atoms with Crippen LogP contribution < -0.4 is 0 Å². The Morgan fingerprint density at radius 3 is 2.68 bits per heavy atom. The predicted molar refractivity (Wildman–Crippen MR) is 70.3 cm³/mol. The maximum absolute atomic E-state index is 12.8. The molecule has 0 atom stereocenters. The van der Waals surface area contributed by atoms with Crippen LogP contribution in [0.1, 0.15) is 33.7 Å². The molecule has 2 N–H and O–H groups in total. The van der Waals surface area contributed by atoms with Crippen molar-refractivity contribution in [2.75, 3.05) is 0 Å². The minimum atomic E-state index is -0.949. The molecule has 0 spiro atoms. The number of nitrogens with one attached hydrogen (secondary N) is 1.